The molecule has 162 valence electrons. The van der Waals surface area contributed by atoms with Crippen molar-refractivity contribution >= 4 is 11.6 Å². The Labute approximate surface area is 184 Å². The summed E-state index contributed by atoms with van der Waals surface area (Å²) in [7, 11) is 0. The van der Waals surface area contributed by atoms with E-state index in [2.05, 4.69) is 73.2 Å². The standard InChI is InChI=1S/C25H31N5O/c1-17(2)13-26-25(31)20-10-11-23-21(12-20)22(24-27-16-30(28-24)18(3)4)15-29(23)14-19-8-6-5-7-9-19/h5-12,16-18,22H,13-15H2,1-4H3,(H,26,31)/t22-/m1/s1. The molecule has 6 heteroatoms. The lowest BCUT2D eigenvalue weighted by Gasteiger charge is -2.20. The van der Waals surface area contributed by atoms with Crippen LogP contribution in [0.3, 0.4) is 0 Å². The molecule has 0 radical (unpaired) electrons. The van der Waals surface area contributed by atoms with Gasteiger partial charge in [-0.3, -0.25) is 9.48 Å². The van der Waals surface area contributed by atoms with Crippen LogP contribution in [-0.4, -0.2) is 33.8 Å². The number of nitrogens with one attached hydrogen (secondary N) is 1. The number of aromatic nitrogens is 3. The number of amides is 1. The van der Waals surface area contributed by atoms with Crippen LogP contribution in [0.2, 0.25) is 0 Å². The predicted molar refractivity (Wildman–Crippen MR) is 123 cm³/mol. The molecule has 3 aromatic rings. The van der Waals surface area contributed by atoms with Crippen molar-refractivity contribution < 1.29 is 4.79 Å². The van der Waals surface area contributed by atoms with Gasteiger partial charge in [0.2, 0.25) is 0 Å². The fourth-order valence-corrected chi connectivity index (χ4v) is 3.95. The molecule has 1 aromatic heterocycles. The summed E-state index contributed by atoms with van der Waals surface area (Å²) in [5.74, 6) is 1.23. The molecule has 0 spiro atoms. The first-order valence-electron chi connectivity index (χ1n) is 11.0. The molecule has 1 amide bonds. The second-order valence-corrected chi connectivity index (χ2v) is 8.97. The molecule has 1 atom stereocenters. The largest absolute Gasteiger partial charge is 0.366 e. The van der Waals surface area contributed by atoms with Gasteiger partial charge in [0.05, 0.1) is 5.92 Å². The molecule has 0 unspecified atom stereocenters. The van der Waals surface area contributed by atoms with Gasteiger partial charge in [-0.1, -0.05) is 44.2 Å². The van der Waals surface area contributed by atoms with E-state index in [9.17, 15) is 4.79 Å². The first kappa shape index (κ1) is 21.1. The Morgan fingerprint density at radius 1 is 1.13 bits per heavy atom. The summed E-state index contributed by atoms with van der Waals surface area (Å²) >= 11 is 0. The van der Waals surface area contributed by atoms with E-state index in [0.717, 1.165) is 30.2 Å². The molecule has 0 aliphatic carbocycles. The highest BCUT2D eigenvalue weighted by Crippen LogP contribution is 2.40. The molecule has 0 bridgehead atoms. The van der Waals surface area contributed by atoms with Gasteiger partial charge in [-0.2, -0.15) is 5.10 Å². The maximum absolute atomic E-state index is 12.7. The van der Waals surface area contributed by atoms with Gasteiger partial charge in [-0.25, -0.2) is 4.98 Å². The number of benzene rings is 2. The molecule has 1 aliphatic heterocycles. The molecule has 1 N–H and O–H groups in total. The number of nitrogens with zero attached hydrogens (tertiary/aromatic N) is 4. The highest BCUT2D eigenvalue weighted by atomic mass is 16.1. The Balaban J connectivity index is 1.67. The minimum atomic E-state index is -0.0302. The van der Waals surface area contributed by atoms with Crippen molar-refractivity contribution in [3.05, 3.63) is 77.4 Å². The molecule has 0 saturated heterocycles. The molecule has 0 saturated carbocycles. The first-order chi connectivity index (χ1) is 14.9. The van der Waals surface area contributed by atoms with Gasteiger partial charge in [0, 0.05) is 36.9 Å². The van der Waals surface area contributed by atoms with Crippen LogP contribution in [0.1, 0.15) is 67.0 Å². The lowest BCUT2D eigenvalue weighted by molar-refractivity contribution is 0.0949. The minimum Gasteiger partial charge on any atom is -0.366 e. The fourth-order valence-electron chi connectivity index (χ4n) is 3.95. The lowest BCUT2D eigenvalue weighted by Crippen LogP contribution is -2.27. The summed E-state index contributed by atoms with van der Waals surface area (Å²) in [5.41, 5.74) is 4.22. The molecular formula is C25H31N5O. The van der Waals surface area contributed by atoms with Gasteiger partial charge in [-0.05, 0) is 49.1 Å². The number of fused-ring (bicyclic) bond motifs is 1. The number of rotatable bonds is 7. The average molecular weight is 418 g/mol. The van der Waals surface area contributed by atoms with E-state index in [-0.39, 0.29) is 17.9 Å². The summed E-state index contributed by atoms with van der Waals surface area (Å²) in [5, 5.41) is 7.77. The highest BCUT2D eigenvalue weighted by Gasteiger charge is 2.33. The van der Waals surface area contributed by atoms with E-state index in [0.29, 0.717) is 18.0 Å². The van der Waals surface area contributed by atoms with Gasteiger partial charge in [-0.15, -0.1) is 0 Å². The van der Waals surface area contributed by atoms with E-state index >= 15 is 0 Å². The smallest absolute Gasteiger partial charge is 0.251 e. The number of anilines is 1. The van der Waals surface area contributed by atoms with Crippen molar-refractivity contribution in [2.45, 2.75) is 46.2 Å². The summed E-state index contributed by atoms with van der Waals surface area (Å²) < 4.78 is 1.90. The zero-order chi connectivity index (χ0) is 22.0. The maximum atomic E-state index is 12.7. The second kappa shape index (κ2) is 8.92. The quantitative estimate of drug-likeness (QED) is 0.619. The van der Waals surface area contributed by atoms with Crippen LogP contribution in [0.5, 0.6) is 0 Å². The minimum absolute atomic E-state index is 0.0302. The summed E-state index contributed by atoms with van der Waals surface area (Å²) in [6.45, 7) is 10.7. The molecule has 0 fully saturated rings. The van der Waals surface area contributed by atoms with Gasteiger partial charge in [0.1, 0.15) is 6.33 Å². The molecule has 2 aromatic carbocycles. The Morgan fingerprint density at radius 2 is 1.90 bits per heavy atom. The van der Waals surface area contributed by atoms with Gasteiger partial charge in [0.25, 0.3) is 5.91 Å². The van der Waals surface area contributed by atoms with Crippen LogP contribution >= 0.6 is 0 Å². The van der Waals surface area contributed by atoms with E-state index in [1.165, 1.54) is 5.56 Å². The Bertz CT molecular complexity index is 1040. The first-order valence-corrected chi connectivity index (χ1v) is 11.0. The number of carbonyl (C=O) groups is 1. The Kier molecular flexibility index (Phi) is 6.07. The zero-order valence-electron chi connectivity index (χ0n) is 18.7. The summed E-state index contributed by atoms with van der Waals surface area (Å²) in [4.78, 5) is 19.7. The van der Waals surface area contributed by atoms with Crippen LogP contribution < -0.4 is 10.2 Å². The van der Waals surface area contributed by atoms with Crippen LogP contribution in [0.15, 0.2) is 54.9 Å². The van der Waals surface area contributed by atoms with Crippen molar-refractivity contribution in [3.63, 3.8) is 0 Å². The van der Waals surface area contributed by atoms with Crippen molar-refractivity contribution in [1.82, 2.24) is 20.1 Å². The third kappa shape index (κ3) is 4.63. The summed E-state index contributed by atoms with van der Waals surface area (Å²) in [6.07, 6.45) is 1.80. The van der Waals surface area contributed by atoms with Crippen LogP contribution in [0.25, 0.3) is 0 Å². The number of hydrogen-bond donors (Lipinski definition) is 1. The van der Waals surface area contributed by atoms with Crippen molar-refractivity contribution in [2.24, 2.45) is 5.92 Å². The van der Waals surface area contributed by atoms with E-state index in [1.54, 1.807) is 6.33 Å². The Hall–Kier alpha value is -3.15. The molecule has 2 heterocycles. The SMILES string of the molecule is CC(C)CNC(=O)c1ccc2c(c1)[C@H](c1ncn(C(C)C)n1)CN2Cc1ccccc1. The normalized spacial score (nSPS) is 15.5. The van der Waals surface area contributed by atoms with Gasteiger partial charge >= 0.3 is 0 Å². The average Bonchev–Trinajstić information content (AvgIpc) is 3.38. The molecule has 1 aliphatic rings. The highest BCUT2D eigenvalue weighted by molar-refractivity contribution is 5.95. The predicted octanol–water partition coefficient (Wildman–Crippen LogP) is 4.40. The van der Waals surface area contributed by atoms with Crippen LogP contribution in [0.4, 0.5) is 5.69 Å². The Morgan fingerprint density at radius 3 is 2.58 bits per heavy atom. The summed E-state index contributed by atoms with van der Waals surface area (Å²) in [6, 6.07) is 16.7. The van der Waals surface area contributed by atoms with Crippen molar-refractivity contribution in [3.8, 4) is 0 Å². The maximum Gasteiger partial charge on any atom is 0.251 e. The number of hydrogen-bond acceptors (Lipinski definition) is 4. The van der Waals surface area contributed by atoms with Crippen LogP contribution in [-0.2, 0) is 6.54 Å². The molecular weight excluding hydrogens is 386 g/mol. The second-order valence-electron chi connectivity index (χ2n) is 8.97. The van der Waals surface area contributed by atoms with Crippen LogP contribution in [0, 0.1) is 5.92 Å². The van der Waals surface area contributed by atoms with Gasteiger partial charge in [0.15, 0.2) is 5.82 Å². The monoisotopic (exact) mass is 417 g/mol. The molecule has 31 heavy (non-hydrogen) atoms. The topological polar surface area (TPSA) is 63.1 Å². The lowest BCUT2D eigenvalue weighted by atomic mass is 9.98. The van der Waals surface area contributed by atoms with Crippen molar-refractivity contribution in [1.29, 1.82) is 0 Å². The molecule has 4 rings (SSSR count). The van der Waals surface area contributed by atoms with E-state index < -0.39 is 0 Å². The van der Waals surface area contributed by atoms with Crippen molar-refractivity contribution in [2.75, 3.05) is 18.0 Å². The van der Waals surface area contributed by atoms with E-state index in [4.69, 9.17) is 5.10 Å². The third-order valence-corrected chi connectivity index (χ3v) is 5.66. The number of carbonyl (C=O) groups excluding carboxylic acids is 1. The molecule has 6 nitrogen and oxygen atoms in total. The van der Waals surface area contributed by atoms with E-state index in [1.807, 2.05) is 22.9 Å². The van der Waals surface area contributed by atoms with Gasteiger partial charge < -0.3 is 10.2 Å². The third-order valence-electron chi connectivity index (χ3n) is 5.66. The zero-order valence-corrected chi connectivity index (χ0v) is 18.7. The fraction of sp³-hybridized carbons (Fsp3) is 0.400.